The normalized spacial score (nSPS) is 31.8. The quantitative estimate of drug-likeness (QED) is 0.0534. The molecule has 4 nitrogen and oxygen atoms in total. The molecule has 5 aliphatic rings. The minimum atomic E-state index is 0.137. The summed E-state index contributed by atoms with van der Waals surface area (Å²) in [4.78, 5) is 2.62. The van der Waals surface area contributed by atoms with Gasteiger partial charge in [-0.2, -0.15) is 0 Å². The van der Waals surface area contributed by atoms with E-state index in [9.17, 15) is 0 Å². The van der Waals surface area contributed by atoms with Gasteiger partial charge in [-0.3, -0.25) is 4.90 Å². The lowest BCUT2D eigenvalue weighted by Crippen LogP contribution is -2.50. The van der Waals surface area contributed by atoms with Crippen LogP contribution in [0.5, 0.6) is 0 Å². The van der Waals surface area contributed by atoms with Crippen LogP contribution in [-0.4, -0.2) is 62.7 Å². The summed E-state index contributed by atoms with van der Waals surface area (Å²) in [7, 11) is 0. The third-order valence-corrected chi connectivity index (χ3v) is 16.9. The molecule has 3 saturated carbocycles. The zero-order chi connectivity index (χ0) is 41.1. The van der Waals surface area contributed by atoms with E-state index in [0.29, 0.717) is 42.8 Å². The van der Waals surface area contributed by atoms with Crippen molar-refractivity contribution >= 4 is 0 Å². The van der Waals surface area contributed by atoms with Crippen LogP contribution >= 0.6 is 0 Å². The van der Waals surface area contributed by atoms with Crippen molar-refractivity contribution in [2.75, 3.05) is 39.5 Å². The number of rotatable bonds is 30. The second kappa shape index (κ2) is 26.1. The number of hydrogen-bond acceptors (Lipinski definition) is 4. The van der Waals surface area contributed by atoms with Gasteiger partial charge >= 0.3 is 0 Å². The summed E-state index contributed by atoms with van der Waals surface area (Å²) in [6.45, 7) is 20.0. The van der Waals surface area contributed by atoms with Crippen LogP contribution in [-0.2, 0) is 14.2 Å². The second-order valence-electron chi connectivity index (χ2n) is 21.5. The average Bonchev–Trinajstić information content (AvgIpc) is 3.78. The molecule has 58 heavy (non-hydrogen) atoms. The zero-order valence-electron chi connectivity index (χ0n) is 39.6. The van der Waals surface area contributed by atoms with Crippen molar-refractivity contribution in [2.24, 2.45) is 40.4 Å². The van der Waals surface area contributed by atoms with Gasteiger partial charge in [-0.15, -0.1) is 0 Å². The Kier molecular flexibility index (Phi) is 21.7. The Hall–Kier alpha value is -0.680. The van der Waals surface area contributed by atoms with Crippen molar-refractivity contribution in [2.45, 2.75) is 240 Å². The maximum absolute atomic E-state index is 6.63. The van der Waals surface area contributed by atoms with Crippen LogP contribution in [0.2, 0.25) is 0 Å². The Balaban J connectivity index is 0.947. The maximum Gasteiger partial charge on any atom is 0.0936 e. The molecule has 2 unspecified atom stereocenters. The fourth-order valence-electron chi connectivity index (χ4n) is 13.1. The van der Waals surface area contributed by atoms with E-state index >= 15 is 0 Å². The molecule has 4 fully saturated rings. The van der Waals surface area contributed by atoms with Crippen LogP contribution in [0.15, 0.2) is 23.8 Å². The first-order valence-corrected chi connectivity index (χ1v) is 26.1. The predicted molar refractivity (Wildman–Crippen MR) is 249 cm³/mol. The highest BCUT2D eigenvalue weighted by Gasteiger charge is 2.58. The van der Waals surface area contributed by atoms with Gasteiger partial charge in [0, 0.05) is 19.2 Å². The van der Waals surface area contributed by atoms with Crippen molar-refractivity contribution < 1.29 is 14.2 Å². The second-order valence-corrected chi connectivity index (χ2v) is 21.5. The molecule has 1 aliphatic heterocycles. The Labute approximate surface area is 361 Å². The van der Waals surface area contributed by atoms with Gasteiger partial charge in [-0.25, -0.2) is 0 Å². The minimum absolute atomic E-state index is 0.137. The van der Waals surface area contributed by atoms with E-state index in [0.717, 1.165) is 49.2 Å². The predicted octanol–water partition coefficient (Wildman–Crippen LogP) is 15.1. The Morgan fingerprint density at radius 2 is 1.52 bits per heavy atom. The molecule has 9 atom stereocenters. The summed E-state index contributed by atoms with van der Waals surface area (Å²) in [6, 6.07) is 0.658. The highest BCUT2D eigenvalue weighted by molar-refractivity contribution is 5.25. The summed E-state index contributed by atoms with van der Waals surface area (Å²) in [6.07, 6.45) is 46.2. The van der Waals surface area contributed by atoms with Gasteiger partial charge in [-0.1, -0.05) is 135 Å². The molecule has 5 rings (SSSR count). The lowest BCUT2D eigenvalue weighted by Gasteiger charge is -2.58. The summed E-state index contributed by atoms with van der Waals surface area (Å²) in [5.41, 5.74) is 2.74. The van der Waals surface area contributed by atoms with Gasteiger partial charge in [0.2, 0.25) is 0 Å². The van der Waals surface area contributed by atoms with Gasteiger partial charge in [0.25, 0.3) is 0 Å². The average molecular weight is 808 g/mol. The van der Waals surface area contributed by atoms with Crippen molar-refractivity contribution in [1.29, 1.82) is 0 Å². The summed E-state index contributed by atoms with van der Waals surface area (Å²) in [5, 5.41) is 0. The zero-order valence-corrected chi connectivity index (χ0v) is 39.6. The molecule has 0 aromatic heterocycles. The fraction of sp³-hybridized carbons (Fsp3) is 0.926. The number of allylic oxidation sites excluding steroid dienone is 3. The number of unbranched alkanes of at least 4 members (excludes halogenated alkanes) is 13. The van der Waals surface area contributed by atoms with Crippen LogP contribution in [0.1, 0.15) is 221 Å². The van der Waals surface area contributed by atoms with E-state index in [4.69, 9.17) is 14.2 Å². The summed E-state index contributed by atoms with van der Waals surface area (Å²) < 4.78 is 19.5. The molecular formula is C54H97NO3. The molecule has 1 saturated heterocycles. The van der Waals surface area contributed by atoms with Crippen LogP contribution in [0.25, 0.3) is 0 Å². The monoisotopic (exact) mass is 808 g/mol. The molecule has 0 N–H and O–H groups in total. The molecule has 0 aromatic rings. The molecule has 1 heterocycles. The Morgan fingerprint density at radius 1 is 0.776 bits per heavy atom. The van der Waals surface area contributed by atoms with Crippen molar-refractivity contribution in [3.63, 3.8) is 0 Å². The largest absolute Gasteiger partial charge is 0.379 e. The highest BCUT2D eigenvalue weighted by Crippen LogP contribution is 2.66. The van der Waals surface area contributed by atoms with Gasteiger partial charge < -0.3 is 14.2 Å². The number of ether oxygens (including phenoxy) is 3. The van der Waals surface area contributed by atoms with E-state index in [-0.39, 0.29) is 6.10 Å². The SMILES string of the molecule is CCCCCCCC/C=C\CCCCCCCCOCC(CN1CCCC1C)OCCO[C@H]1CC[C@@]2(C)C(=CC[C@H]3[C@@H]4CC[C@H](CCCCC(C)C)[C@@]4(C)CC[C@@H]32)C1. The van der Waals surface area contributed by atoms with E-state index < -0.39 is 0 Å². The molecule has 4 aliphatic carbocycles. The molecule has 4 heteroatoms. The molecular weight excluding hydrogens is 711 g/mol. The molecule has 0 bridgehead atoms. The number of nitrogens with zero attached hydrogens (tertiary/aromatic N) is 1. The highest BCUT2D eigenvalue weighted by atomic mass is 16.6. The standard InChI is InChI=1S/C54H97NO3/c1-7-8-9-10-11-12-13-14-15-16-17-18-19-20-21-24-38-56-43-49(42-55-37-25-27-45(55)4)58-40-39-57-48-33-35-54(6)47(41-48)29-31-50-51-32-30-46(28-23-22-26-44(2)3)53(51,5)36-34-52(50)54/h14-15,29,44-46,48-52H,7-13,16-28,30-43H2,1-6H3/b15-14-/t45?,46-,48-,49?,50-,51-,52-,53+,54-/m0/s1. The maximum atomic E-state index is 6.63. The van der Waals surface area contributed by atoms with Gasteiger partial charge in [0.05, 0.1) is 32.0 Å². The summed E-state index contributed by atoms with van der Waals surface area (Å²) in [5.74, 6) is 4.59. The van der Waals surface area contributed by atoms with Crippen LogP contribution in [0, 0.1) is 40.4 Å². The van der Waals surface area contributed by atoms with E-state index in [1.165, 1.54) is 180 Å². The first-order valence-electron chi connectivity index (χ1n) is 26.1. The molecule has 336 valence electrons. The van der Waals surface area contributed by atoms with Crippen LogP contribution < -0.4 is 0 Å². The van der Waals surface area contributed by atoms with E-state index in [1.54, 1.807) is 5.57 Å². The molecule has 0 amide bonds. The first-order chi connectivity index (χ1) is 28.2. The third kappa shape index (κ3) is 14.7. The van der Waals surface area contributed by atoms with E-state index in [1.807, 2.05) is 0 Å². The number of fused-ring (bicyclic) bond motifs is 5. The van der Waals surface area contributed by atoms with Crippen molar-refractivity contribution in [1.82, 2.24) is 4.90 Å². The van der Waals surface area contributed by atoms with Crippen LogP contribution in [0.4, 0.5) is 0 Å². The summed E-state index contributed by atoms with van der Waals surface area (Å²) >= 11 is 0. The fourth-order valence-corrected chi connectivity index (χ4v) is 13.1. The first kappa shape index (κ1) is 48.4. The number of likely N-dealkylation sites (tertiary alicyclic amines) is 1. The van der Waals surface area contributed by atoms with Crippen LogP contribution in [0.3, 0.4) is 0 Å². The number of hydrogen-bond donors (Lipinski definition) is 0. The molecule has 0 spiro atoms. The van der Waals surface area contributed by atoms with Gasteiger partial charge in [0.1, 0.15) is 0 Å². The Bertz CT molecular complexity index is 1160. The minimum Gasteiger partial charge on any atom is -0.379 e. The van der Waals surface area contributed by atoms with Gasteiger partial charge in [-0.05, 0) is 157 Å². The lowest BCUT2D eigenvalue weighted by molar-refractivity contribution is -0.0784. The molecule has 0 aromatic carbocycles. The van der Waals surface area contributed by atoms with Gasteiger partial charge in [0.15, 0.2) is 0 Å². The lowest BCUT2D eigenvalue weighted by atomic mass is 9.47. The molecule has 0 radical (unpaired) electrons. The Morgan fingerprint density at radius 3 is 2.24 bits per heavy atom. The third-order valence-electron chi connectivity index (χ3n) is 16.9. The topological polar surface area (TPSA) is 30.9 Å². The van der Waals surface area contributed by atoms with Crippen molar-refractivity contribution in [3.05, 3.63) is 23.8 Å². The van der Waals surface area contributed by atoms with E-state index in [2.05, 4.69) is 64.7 Å². The van der Waals surface area contributed by atoms with Crippen molar-refractivity contribution in [3.8, 4) is 0 Å². The smallest absolute Gasteiger partial charge is 0.0936 e.